The molecule has 0 radical (unpaired) electrons. The molecule has 0 saturated carbocycles. The first-order chi connectivity index (χ1) is 7.89. The average molecular weight is 240 g/mol. The molecule has 1 N–H and O–H groups in total. The van der Waals surface area contributed by atoms with E-state index in [1.807, 2.05) is 4.90 Å². The van der Waals surface area contributed by atoms with Crippen molar-refractivity contribution >= 4 is 5.69 Å². The van der Waals surface area contributed by atoms with Crippen molar-refractivity contribution in [2.24, 2.45) is 0 Å². The molecule has 1 aromatic rings. The van der Waals surface area contributed by atoms with E-state index in [9.17, 15) is 8.78 Å². The van der Waals surface area contributed by atoms with Gasteiger partial charge in [0.15, 0.2) is 0 Å². The molecule has 1 heterocycles. The van der Waals surface area contributed by atoms with E-state index in [1.54, 1.807) is 6.92 Å². The lowest BCUT2D eigenvalue weighted by molar-refractivity contribution is 0.351. The van der Waals surface area contributed by atoms with Crippen LogP contribution in [0.25, 0.3) is 0 Å². The van der Waals surface area contributed by atoms with Crippen LogP contribution in [0.1, 0.15) is 19.4 Å². The molecule has 2 nitrogen and oxygen atoms in total. The second-order valence-electron chi connectivity index (χ2n) is 5.29. The Morgan fingerprint density at radius 3 is 2.59 bits per heavy atom. The van der Waals surface area contributed by atoms with Crippen LogP contribution in [0.15, 0.2) is 12.1 Å². The zero-order valence-electron chi connectivity index (χ0n) is 10.5. The molecule has 1 aromatic carbocycles. The molecule has 17 heavy (non-hydrogen) atoms. The number of anilines is 1. The van der Waals surface area contributed by atoms with Gasteiger partial charge in [-0.05, 0) is 32.4 Å². The minimum Gasteiger partial charge on any atom is -0.366 e. The molecule has 1 fully saturated rings. The van der Waals surface area contributed by atoms with Crippen molar-refractivity contribution in [1.82, 2.24) is 5.32 Å². The van der Waals surface area contributed by atoms with Gasteiger partial charge in [-0.1, -0.05) is 0 Å². The summed E-state index contributed by atoms with van der Waals surface area (Å²) >= 11 is 0. The van der Waals surface area contributed by atoms with Crippen LogP contribution in [0.2, 0.25) is 0 Å². The first kappa shape index (κ1) is 12.3. The molecule has 1 saturated heterocycles. The topological polar surface area (TPSA) is 15.3 Å². The highest BCUT2D eigenvalue weighted by molar-refractivity contribution is 5.50. The Kier molecular flexibility index (Phi) is 3.08. The summed E-state index contributed by atoms with van der Waals surface area (Å²) in [4.78, 5) is 1.90. The number of rotatable bonds is 1. The highest BCUT2D eigenvalue weighted by Crippen LogP contribution is 2.25. The normalized spacial score (nSPS) is 19.5. The number of nitrogens with one attached hydrogen (secondary N) is 1. The summed E-state index contributed by atoms with van der Waals surface area (Å²) < 4.78 is 27.3. The van der Waals surface area contributed by atoms with E-state index >= 15 is 0 Å². The van der Waals surface area contributed by atoms with Crippen LogP contribution in [0.4, 0.5) is 14.5 Å². The summed E-state index contributed by atoms with van der Waals surface area (Å²) in [6.45, 7) is 7.84. The molecule has 1 aliphatic heterocycles. The molecule has 1 aliphatic rings. The van der Waals surface area contributed by atoms with E-state index in [0.29, 0.717) is 24.3 Å². The van der Waals surface area contributed by atoms with E-state index in [1.165, 1.54) is 12.1 Å². The summed E-state index contributed by atoms with van der Waals surface area (Å²) in [7, 11) is 0. The molecule has 0 atom stereocenters. The van der Waals surface area contributed by atoms with Crippen LogP contribution in [0.3, 0.4) is 0 Å². The summed E-state index contributed by atoms with van der Waals surface area (Å²) in [5.41, 5.74) is 0.634. The third kappa shape index (κ3) is 2.57. The molecule has 2 rings (SSSR count). The first-order valence-corrected chi connectivity index (χ1v) is 5.85. The lowest BCUT2D eigenvalue weighted by atomic mass is 10.0. The molecule has 0 amide bonds. The van der Waals surface area contributed by atoms with Crippen LogP contribution in [0, 0.1) is 18.6 Å². The maximum absolute atomic E-state index is 13.8. The van der Waals surface area contributed by atoms with Crippen molar-refractivity contribution in [2.45, 2.75) is 26.3 Å². The summed E-state index contributed by atoms with van der Waals surface area (Å²) in [5.74, 6) is -0.695. The van der Waals surface area contributed by atoms with Crippen molar-refractivity contribution in [3.8, 4) is 0 Å². The number of nitrogens with zero attached hydrogens (tertiary/aromatic N) is 1. The van der Waals surface area contributed by atoms with E-state index in [4.69, 9.17) is 0 Å². The molecular formula is C13H18F2N2. The Balaban J connectivity index is 2.31. The van der Waals surface area contributed by atoms with Crippen LogP contribution in [-0.2, 0) is 0 Å². The summed E-state index contributed by atoms with van der Waals surface area (Å²) in [6.07, 6.45) is 0. The monoisotopic (exact) mass is 240 g/mol. The molecular weight excluding hydrogens is 222 g/mol. The Bertz CT molecular complexity index is 430. The fourth-order valence-electron chi connectivity index (χ4n) is 2.23. The van der Waals surface area contributed by atoms with Gasteiger partial charge in [-0.15, -0.1) is 0 Å². The van der Waals surface area contributed by atoms with Gasteiger partial charge in [-0.3, -0.25) is 0 Å². The number of halogens is 2. The van der Waals surface area contributed by atoms with Gasteiger partial charge < -0.3 is 10.2 Å². The molecule has 0 bridgehead atoms. The second-order valence-corrected chi connectivity index (χ2v) is 5.29. The smallest absolute Gasteiger partial charge is 0.146 e. The Morgan fingerprint density at radius 1 is 1.24 bits per heavy atom. The van der Waals surface area contributed by atoms with Gasteiger partial charge in [-0.2, -0.15) is 0 Å². The van der Waals surface area contributed by atoms with Crippen molar-refractivity contribution in [3.05, 3.63) is 29.3 Å². The highest BCUT2D eigenvalue weighted by atomic mass is 19.1. The lowest BCUT2D eigenvalue weighted by Gasteiger charge is -2.40. The van der Waals surface area contributed by atoms with Crippen molar-refractivity contribution in [2.75, 3.05) is 24.5 Å². The zero-order valence-corrected chi connectivity index (χ0v) is 10.5. The standard InChI is InChI=1S/C13H18F2N2/c1-9-6-11(15)12(7-10(9)14)17-5-4-16-13(2,3)8-17/h6-7,16H,4-5,8H2,1-3H3. The summed E-state index contributed by atoms with van der Waals surface area (Å²) in [5, 5.41) is 3.35. The highest BCUT2D eigenvalue weighted by Gasteiger charge is 2.27. The van der Waals surface area contributed by atoms with E-state index in [0.717, 1.165) is 6.54 Å². The Labute approximate surface area is 101 Å². The van der Waals surface area contributed by atoms with Gasteiger partial charge in [0, 0.05) is 31.2 Å². The molecule has 4 heteroatoms. The maximum Gasteiger partial charge on any atom is 0.146 e. The molecule has 94 valence electrons. The lowest BCUT2D eigenvalue weighted by Crippen LogP contribution is -2.57. The van der Waals surface area contributed by atoms with Gasteiger partial charge in [0.2, 0.25) is 0 Å². The van der Waals surface area contributed by atoms with Gasteiger partial charge >= 0.3 is 0 Å². The Hall–Kier alpha value is -1.16. The second kappa shape index (κ2) is 4.26. The zero-order chi connectivity index (χ0) is 12.6. The Morgan fingerprint density at radius 2 is 1.94 bits per heavy atom. The summed E-state index contributed by atoms with van der Waals surface area (Å²) in [6, 6.07) is 2.56. The number of piperazine rings is 1. The van der Waals surface area contributed by atoms with Crippen LogP contribution in [-0.4, -0.2) is 25.2 Å². The molecule has 0 spiro atoms. The van der Waals surface area contributed by atoms with E-state index in [-0.39, 0.29) is 17.2 Å². The number of aryl methyl sites for hydroxylation is 1. The van der Waals surface area contributed by atoms with Crippen molar-refractivity contribution < 1.29 is 8.78 Å². The van der Waals surface area contributed by atoms with Gasteiger partial charge in [0.05, 0.1) is 5.69 Å². The molecule has 0 aromatic heterocycles. The van der Waals surface area contributed by atoms with Gasteiger partial charge in [0.25, 0.3) is 0 Å². The predicted molar refractivity (Wildman–Crippen MR) is 65.4 cm³/mol. The number of hydrogen-bond acceptors (Lipinski definition) is 2. The van der Waals surface area contributed by atoms with Gasteiger partial charge in [0.1, 0.15) is 11.6 Å². The van der Waals surface area contributed by atoms with Crippen LogP contribution >= 0.6 is 0 Å². The quantitative estimate of drug-likeness (QED) is 0.811. The molecule has 0 aliphatic carbocycles. The maximum atomic E-state index is 13.8. The van der Waals surface area contributed by atoms with E-state index in [2.05, 4.69) is 19.2 Å². The fourth-order valence-corrected chi connectivity index (χ4v) is 2.23. The van der Waals surface area contributed by atoms with E-state index < -0.39 is 0 Å². The average Bonchev–Trinajstić information content (AvgIpc) is 2.22. The minimum atomic E-state index is -0.349. The van der Waals surface area contributed by atoms with Crippen LogP contribution in [0.5, 0.6) is 0 Å². The van der Waals surface area contributed by atoms with Crippen molar-refractivity contribution in [1.29, 1.82) is 0 Å². The fraction of sp³-hybridized carbons (Fsp3) is 0.538. The third-order valence-electron chi connectivity index (χ3n) is 3.14. The van der Waals surface area contributed by atoms with Crippen molar-refractivity contribution in [3.63, 3.8) is 0 Å². The number of benzene rings is 1. The molecule has 0 unspecified atom stereocenters. The third-order valence-corrected chi connectivity index (χ3v) is 3.14. The van der Waals surface area contributed by atoms with Gasteiger partial charge in [-0.25, -0.2) is 8.78 Å². The van der Waals surface area contributed by atoms with Crippen LogP contribution < -0.4 is 10.2 Å². The minimum absolute atomic E-state index is 0.0773. The first-order valence-electron chi connectivity index (χ1n) is 5.85. The largest absolute Gasteiger partial charge is 0.366 e. The predicted octanol–water partition coefficient (Wildman–Crippen LogP) is 2.46. The number of hydrogen-bond donors (Lipinski definition) is 1. The SMILES string of the molecule is Cc1cc(F)c(N2CCNC(C)(C)C2)cc1F.